The number of amides is 1. The van der Waals surface area contributed by atoms with Gasteiger partial charge in [-0.05, 0) is 68.5 Å². The molecule has 0 radical (unpaired) electrons. The van der Waals surface area contributed by atoms with Gasteiger partial charge in [0.05, 0.1) is 5.52 Å². The number of halogens is 1. The SMILES string of the molecule is CC(C)(C)OC(=O)N1CCCC(C(O)Nc2nn(C(c3ccccc3)(c3ccccc3)c3ccccc3)c3ccc(Br)cc23)C1. The third kappa shape index (κ3) is 6.22. The van der Waals surface area contributed by atoms with Crippen molar-refractivity contribution < 1.29 is 14.6 Å². The largest absolute Gasteiger partial charge is 0.444 e. The third-order valence-electron chi connectivity index (χ3n) is 8.37. The molecule has 6 rings (SSSR count). The van der Waals surface area contributed by atoms with Gasteiger partial charge in [-0.3, -0.25) is 0 Å². The number of likely N-dealkylation sites (tertiary alicyclic amines) is 1. The fourth-order valence-corrected chi connectivity index (χ4v) is 6.74. The van der Waals surface area contributed by atoms with Gasteiger partial charge in [-0.25, -0.2) is 9.48 Å². The minimum absolute atomic E-state index is 0.194. The average molecular weight is 668 g/mol. The van der Waals surface area contributed by atoms with E-state index in [2.05, 4.69) is 105 Å². The Morgan fingerprint density at radius 1 is 0.911 bits per heavy atom. The molecule has 8 heteroatoms. The fraction of sp³-hybridized carbons (Fsp3) is 0.297. The number of fused-ring (bicyclic) bond motifs is 1. The maximum atomic E-state index is 12.9. The van der Waals surface area contributed by atoms with Gasteiger partial charge in [-0.2, -0.15) is 5.10 Å². The quantitative estimate of drug-likeness (QED) is 0.136. The number of hydrogen-bond acceptors (Lipinski definition) is 5. The molecule has 232 valence electrons. The number of benzene rings is 4. The Bertz CT molecular complexity index is 1660. The minimum Gasteiger partial charge on any atom is -0.444 e. The summed E-state index contributed by atoms with van der Waals surface area (Å²) in [7, 11) is 0. The molecule has 2 unspecified atom stereocenters. The predicted octanol–water partition coefficient (Wildman–Crippen LogP) is 8.02. The molecule has 7 nitrogen and oxygen atoms in total. The van der Waals surface area contributed by atoms with Gasteiger partial charge in [0.25, 0.3) is 0 Å². The van der Waals surface area contributed by atoms with Crippen LogP contribution >= 0.6 is 15.9 Å². The summed E-state index contributed by atoms with van der Waals surface area (Å²) in [5.41, 5.74) is 2.68. The molecule has 45 heavy (non-hydrogen) atoms. The number of anilines is 1. The summed E-state index contributed by atoms with van der Waals surface area (Å²) in [4.78, 5) is 14.5. The number of nitrogens with one attached hydrogen (secondary N) is 1. The Hall–Kier alpha value is -4.14. The molecule has 1 saturated heterocycles. The van der Waals surface area contributed by atoms with Gasteiger partial charge >= 0.3 is 6.09 Å². The molecule has 0 saturated carbocycles. The molecule has 1 aromatic heterocycles. The summed E-state index contributed by atoms with van der Waals surface area (Å²) in [5, 5.41) is 21.1. The molecule has 4 aromatic carbocycles. The number of ether oxygens (including phenoxy) is 1. The summed E-state index contributed by atoms with van der Waals surface area (Å²) < 4.78 is 8.61. The normalized spacial score (nSPS) is 16.4. The second-order valence-electron chi connectivity index (χ2n) is 12.6. The van der Waals surface area contributed by atoms with Crippen LogP contribution in [0.15, 0.2) is 114 Å². The van der Waals surface area contributed by atoms with Crippen LogP contribution in [0.25, 0.3) is 10.9 Å². The van der Waals surface area contributed by atoms with Crippen molar-refractivity contribution in [2.75, 3.05) is 18.4 Å². The zero-order chi connectivity index (χ0) is 31.6. The second-order valence-corrected chi connectivity index (χ2v) is 13.6. The van der Waals surface area contributed by atoms with Crippen LogP contribution in [0.5, 0.6) is 0 Å². The van der Waals surface area contributed by atoms with Gasteiger partial charge in [-0.1, -0.05) is 107 Å². The van der Waals surface area contributed by atoms with E-state index in [4.69, 9.17) is 9.84 Å². The van der Waals surface area contributed by atoms with E-state index >= 15 is 0 Å². The molecule has 0 bridgehead atoms. The number of rotatable bonds is 7. The van der Waals surface area contributed by atoms with Crippen molar-refractivity contribution in [2.45, 2.75) is 51.0 Å². The number of aromatic nitrogens is 2. The predicted molar refractivity (Wildman–Crippen MR) is 182 cm³/mol. The van der Waals surface area contributed by atoms with Gasteiger partial charge in [0, 0.05) is 28.9 Å². The van der Waals surface area contributed by atoms with Crippen LogP contribution in [-0.2, 0) is 10.3 Å². The number of carbonyl (C=O) groups is 1. The van der Waals surface area contributed by atoms with E-state index in [1.54, 1.807) is 4.90 Å². The topological polar surface area (TPSA) is 79.6 Å². The second kappa shape index (κ2) is 12.7. The maximum Gasteiger partial charge on any atom is 0.410 e. The molecule has 2 atom stereocenters. The van der Waals surface area contributed by atoms with Crippen LogP contribution in [0.3, 0.4) is 0 Å². The van der Waals surface area contributed by atoms with Gasteiger partial charge in [0.1, 0.15) is 17.4 Å². The Morgan fingerprint density at radius 3 is 2.00 bits per heavy atom. The van der Waals surface area contributed by atoms with Crippen LogP contribution in [0.2, 0.25) is 0 Å². The summed E-state index contributed by atoms with van der Waals surface area (Å²) in [6, 6.07) is 37.4. The molecule has 2 heterocycles. The Labute approximate surface area is 273 Å². The van der Waals surface area contributed by atoms with E-state index < -0.39 is 17.4 Å². The lowest BCUT2D eigenvalue weighted by molar-refractivity contribution is 0.00642. The molecule has 2 N–H and O–H groups in total. The van der Waals surface area contributed by atoms with E-state index in [9.17, 15) is 9.90 Å². The maximum absolute atomic E-state index is 12.9. The fourth-order valence-electron chi connectivity index (χ4n) is 6.38. The van der Waals surface area contributed by atoms with Crippen LogP contribution in [0.1, 0.15) is 50.3 Å². The molecule has 0 aliphatic carbocycles. The van der Waals surface area contributed by atoms with E-state index in [0.717, 1.165) is 44.9 Å². The number of piperidine rings is 1. The standard InChI is InChI=1S/C37H39BrN4O3/c1-36(2,3)45-35(44)41-23-13-14-26(25-41)34(43)39-33-31-24-30(38)21-22-32(31)42(40-33)37(27-15-7-4-8-16-27,28-17-9-5-10-18-28)29-19-11-6-12-20-29/h4-12,15-22,24,26,34,43H,13-14,23,25H2,1-3H3,(H,39,40). The van der Waals surface area contributed by atoms with Gasteiger partial charge in [0.15, 0.2) is 5.82 Å². The third-order valence-corrected chi connectivity index (χ3v) is 8.87. The molecule has 1 aliphatic rings. The first-order valence-electron chi connectivity index (χ1n) is 15.4. The highest BCUT2D eigenvalue weighted by Gasteiger charge is 2.41. The first-order valence-corrected chi connectivity index (χ1v) is 16.2. The minimum atomic E-state index is -0.930. The summed E-state index contributed by atoms with van der Waals surface area (Å²) >= 11 is 3.67. The molecule has 5 aromatic rings. The molecule has 0 spiro atoms. The Kier molecular flexibility index (Phi) is 8.71. The van der Waals surface area contributed by atoms with Crippen LogP contribution in [0, 0.1) is 5.92 Å². The number of aliphatic hydroxyl groups is 1. The molecule has 1 amide bonds. The van der Waals surface area contributed by atoms with Crippen molar-refractivity contribution in [1.82, 2.24) is 14.7 Å². The van der Waals surface area contributed by atoms with E-state index in [1.807, 2.05) is 51.1 Å². The Balaban J connectivity index is 1.47. The van der Waals surface area contributed by atoms with E-state index in [0.29, 0.717) is 18.9 Å². The first kappa shape index (κ1) is 30.9. The first-order chi connectivity index (χ1) is 21.7. The smallest absolute Gasteiger partial charge is 0.410 e. The van der Waals surface area contributed by atoms with Crippen LogP contribution < -0.4 is 5.32 Å². The van der Waals surface area contributed by atoms with Gasteiger partial charge in [-0.15, -0.1) is 0 Å². The van der Waals surface area contributed by atoms with Crippen molar-refractivity contribution in [2.24, 2.45) is 5.92 Å². The average Bonchev–Trinajstić information content (AvgIpc) is 3.39. The number of carbonyl (C=O) groups excluding carboxylic acids is 1. The molecular formula is C37H39BrN4O3. The number of nitrogens with zero attached hydrogens (tertiary/aromatic N) is 3. The van der Waals surface area contributed by atoms with Crippen molar-refractivity contribution in [3.05, 3.63) is 130 Å². The molecule has 1 aliphatic heterocycles. The van der Waals surface area contributed by atoms with Gasteiger partial charge < -0.3 is 20.1 Å². The summed E-state index contributed by atoms with van der Waals surface area (Å²) in [6.45, 7) is 6.60. The lowest BCUT2D eigenvalue weighted by Gasteiger charge is -2.37. The monoisotopic (exact) mass is 666 g/mol. The number of aliphatic hydroxyl groups excluding tert-OH is 1. The highest BCUT2D eigenvalue weighted by atomic mass is 79.9. The lowest BCUT2D eigenvalue weighted by atomic mass is 9.77. The van der Waals surface area contributed by atoms with Crippen molar-refractivity contribution in [3.63, 3.8) is 0 Å². The van der Waals surface area contributed by atoms with Crippen LogP contribution in [0.4, 0.5) is 10.6 Å². The van der Waals surface area contributed by atoms with Crippen LogP contribution in [-0.4, -0.2) is 50.8 Å². The zero-order valence-electron chi connectivity index (χ0n) is 25.9. The lowest BCUT2D eigenvalue weighted by Crippen LogP contribution is -2.47. The van der Waals surface area contributed by atoms with Crippen molar-refractivity contribution in [3.8, 4) is 0 Å². The summed E-state index contributed by atoms with van der Waals surface area (Å²) in [5.74, 6) is 0.376. The van der Waals surface area contributed by atoms with E-state index in [-0.39, 0.29) is 12.0 Å². The zero-order valence-corrected chi connectivity index (χ0v) is 27.4. The van der Waals surface area contributed by atoms with Gasteiger partial charge in [0.2, 0.25) is 0 Å². The van der Waals surface area contributed by atoms with Crippen molar-refractivity contribution in [1.29, 1.82) is 0 Å². The molecular weight excluding hydrogens is 628 g/mol. The highest BCUT2D eigenvalue weighted by molar-refractivity contribution is 9.10. The Morgan fingerprint density at radius 2 is 1.47 bits per heavy atom. The van der Waals surface area contributed by atoms with Crippen molar-refractivity contribution >= 4 is 38.7 Å². The highest BCUT2D eigenvalue weighted by Crippen LogP contribution is 2.44. The summed E-state index contributed by atoms with van der Waals surface area (Å²) in [6.07, 6.45) is 0.275. The molecule has 1 fully saturated rings. The van der Waals surface area contributed by atoms with E-state index in [1.165, 1.54) is 0 Å². The number of hydrogen-bond donors (Lipinski definition) is 2.